The zero-order chi connectivity index (χ0) is 10.8. The second kappa shape index (κ2) is 4.77. The Morgan fingerprint density at radius 1 is 1.29 bits per heavy atom. The van der Waals surface area contributed by atoms with Gasteiger partial charge >= 0.3 is 0 Å². The van der Waals surface area contributed by atoms with Gasteiger partial charge in [-0.15, -0.1) is 0 Å². The van der Waals surface area contributed by atoms with Crippen LogP contribution in [-0.4, -0.2) is 20.5 Å². The van der Waals surface area contributed by atoms with Gasteiger partial charge in [0.1, 0.15) is 0 Å². The third-order valence-electron chi connectivity index (χ3n) is 2.75. The minimum atomic E-state index is -0.191. The van der Waals surface area contributed by atoms with Crippen molar-refractivity contribution in [3.8, 4) is 0 Å². The fraction of sp³-hybridized carbons (Fsp3) is 0.818. The average molecular weight is 263 g/mol. The standard InChI is InChI=1S/C11H19BrO2/c1-11(2)6-5-9(12)8(7-11)10(13-3)14-4/h10H,5-7H2,1-4H3. The van der Waals surface area contributed by atoms with Crippen molar-refractivity contribution in [1.82, 2.24) is 0 Å². The Bertz CT molecular complexity index is 229. The third kappa shape index (κ3) is 2.81. The summed E-state index contributed by atoms with van der Waals surface area (Å²) >= 11 is 3.61. The molecule has 0 aromatic rings. The molecule has 1 aliphatic carbocycles. The molecule has 0 aromatic carbocycles. The summed E-state index contributed by atoms with van der Waals surface area (Å²) < 4.78 is 11.8. The monoisotopic (exact) mass is 262 g/mol. The predicted molar refractivity (Wildman–Crippen MR) is 61.4 cm³/mol. The Morgan fingerprint density at radius 2 is 1.86 bits per heavy atom. The van der Waals surface area contributed by atoms with E-state index in [2.05, 4.69) is 29.8 Å². The lowest BCUT2D eigenvalue weighted by Crippen LogP contribution is -2.26. The second-order valence-electron chi connectivity index (χ2n) is 4.57. The quantitative estimate of drug-likeness (QED) is 0.726. The van der Waals surface area contributed by atoms with Crippen molar-refractivity contribution in [2.75, 3.05) is 14.2 Å². The normalized spacial score (nSPS) is 21.9. The molecule has 0 spiro atoms. The molecule has 0 bridgehead atoms. The first-order valence-corrected chi connectivity index (χ1v) is 5.72. The van der Waals surface area contributed by atoms with Crippen LogP contribution in [0.5, 0.6) is 0 Å². The van der Waals surface area contributed by atoms with Crippen molar-refractivity contribution in [3.63, 3.8) is 0 Å². The van der Waals surface area contributed by atoms with E-state index in [0.717, 1.165) is 12.8 Å². The van der Waals surface area contributed by atoms with E-state index >= 15 is 0 Å². The van der Waals surface area contributed by atoms with Gasteiger partial charge in [-0.1, -0.05) is 29.8 Å². The van der Waals surface area contributed by atoms with Crippen LogP contribution in [0.1, 0.15) is 33.1 Å². The molecule has 2 nitrogen and oxygen atoms in total. The summed E-state index contributed by atoms with van der Waals surface area (Å²) in [5.41, 5.74) is 1.62. The van der Waals surface area contributed by atoms with Crippen LogP contribution < -0.4 is 0 Å². The molecular weight excluding hydrogens is 244 g/mol. The fourth-order valence-corrected chi connectivity index (χ4v) is 2.43. The van der Waals surface area contributed by atoms with Gasteiger partial charge in [-0.3, -0.25) is 0 Å². The van der Waals surface area contributed by atoms with E-state index in [0.29, 0.717) is 5.41 Å². The zero-order valence-corrected chi connectivity index (χ0v) is 11.0. The summed E-state index contributed by atoms with van der Waals surface area (Å²) in [7, 11) is 3.37. The van der Waals surface area contributed by atoms with Gasteiger partial charge in [0.25, 0.3) is 0 Å². The van der Waals surface area contributed by atoms with Gasteiger partial charge in [-0.2, -0.15) is 0 Å². The summed E-state index contributed by atoms with van der Waals surface area (Å²) in [6, 6.07) is 0. The lowest BCUT2D eigenvalue weighted by Gasteiger charge is -2.34. The van der Waals surface area contributed by atoms with Gasteiger partial charge in [0, 0.05) is 14.2 Å². The van der Waals surface area contributed by atoms with Crippen molar-refractivity contribution >= 4 is 15.9 Å². The molecule has 82 valence electrons. The van der Waals surface area contributed by atoms with Crippen LogP contribution in [-0.2, 0) is 9.47 Å². The topological polar surface area (TPSA) is 18.5 Å². The molecule has 1 rings (SSSR count). The SMILES string of the molecule is COC(OC)C1=C(Br)CCC(C)(C)C1. The molecule has 0 atom stereocenters. The van der Waals surface area contributed by atoms with Gasteiger partial charge < -0.3 is 9.47 Å². The second-order valence-corrected chi connectivity index (χ2v) is 5.53. The first-order chi connectivity index (χ1) is 6.50. The highest BCUT2D eigenvalue weighted by Crippen LogP contribution is 2.42. The molecule has 3 heteroatoms. The molecule has 0 N–H and O–H groups in total. The predicted octanol–water partition coefficient (Wildman–Crippen LogP) is 3.46. The Morgan fingerprint density at radius 3 is 2.36 bits per heavy atom. The molecule has 0 heterocycles. The van der Waals surface area contributed by atoms with Crippen molar-refractivity contribution in [1.29, 1.82) is 0 Å². The maximum Gasteiger partial charge on any atom is 0.180 e. The van der Waals surface area contributed by atoms with E-state index in [-0.39, 0.29) is 6.29 Å². The summed E-state index contributed by atoms with van der Waals surface area (Å²) in [6.45, 7) is 4.57. The molecule has 0 amide bonds. The van der Waals surface area contributed by atoms with Gasteiger partial charge in [0.15, 0.2) is 6.29 Å². The molecular formula is C11H19BrO2. The van der Waals surface area contributed by atoms with Crippen LogP contribution >= 0.6 is 15.9 Å². The molecule has 0 unspecified atom stereocenters. The minimum Gasteiger partial charge on any atom is -0.352 e. The van der Waals surface area contributed by atoms with E-state index < -0.39 is 0 Å². The average Bonchev–Trinajstić information content (AvgIpc) is 2.13. The minimum absolute atomic E-state index is 0.191. The summed E-state index contributed by atoms with van der Waals surface area (Å²) in [4.78, 5) is 0. The molecule has 0 aliphatic heterocycles. The van der Waals surface area contributed by atoms with Crippen LogP contribution in [0.15, 0.2) is 10.1 Å². The van der Waals surface area contributed by atoms with Gasteiger partial charge in [0.05, 0.1) is 0 Å². The molecule has 14 heavy (non-hydrogen) atoms. The van der Waals surface area contributed by atoms with E-state index in [4.69, 9.17) is 9.47 Å². The van der Waals surface area contributed by atoms with Crippen LogP contribution in [0.3, 0.4) is 0 Å². The van der Waals surface area contributed by atoms with Crippen molar-refractivity contribution in [2.45, 2.75) is 39.4 Å². The van der Waals surface area contributed by atoms with E-state index in [9.17, 15) is 0 Å². The Labute approximate surface area is 94.8 Å². The fourth-order valence-electron chi connectivity index (χ4n) is 1.90. The smallest absolute Gasteiger partial charge is 0.180 e. The Balaban J connectivity index is 2.83. The van der Waals surface area contributed by atoms with Crippen LogP contribution in [0.4, 0.5) is 0 Å². The van der Waals surface area contributed by atoms with Crippen LogP contribution in [0.2, 0.25) is 0 Å². The number of hydrogen-bond donors (Lipinski definition) is 0. The molecule has 0 aromatic heterocycles. The summed E-state index contributed by atoms with van der Waals surface area (Å²) in [5, 5.41) is 0. The maximum atomic E-state index is 5.29. The van der Waals surface area contributed by atoms with Crippen molar-refractivity contribution in [3.05, 3.63) is 10.1 Å². The number of hydrogen-bond acceptors (Lipinski definition) is 2. The number of ether oxygens (including phenoxy) is 2. The third-order valence-corrected chi connectivity index (χ3v) is 3.66. The van der Waals surface area contributed by atoms with Gasteiger partial charge in [-0.05, 0) is 34.7 Å². The number of allylic oxidation sites excluding steroid dienone is 1. The van der Waals surface area contributed by atoms with Crippen molar-refractivity contribution in [2.24, 2.45) is 5.41 Å². The molecule has 0 fully saturated rings. The highest BCUT2D eigenvalue weighted by molar-refractivity contribution is 9.11. The highest BCUT2D eigenvalue weighted by atomic mass is 79.9. The maximum absolute atomic E-state index is 5.29. The molecule has 0 saturated heterocycles. The first-order valence-electron chi connectivity index (χ1n) is 4.93. The van der Waals surface area contributed by atoms with Crippen LogP contribution in [0, 0.1) is 5.41 Å². The number of halogens is 1. The first kappa shape index (κ1) is 12.2. The summed E-state index contributed by atoms with van der Waals surface area (Å²) in [5.74, 6) is 0. The zero-order valence-electron chi connectivity index (χ0n) is 9.39. The number of rotatable bonds is 3. The lowest BCUT2D eigenvalue weighted by atomic mass is 9.77. The van der Waals surface area contributed by atoms with Gasteiger partial charge in [0.2, 0.25) is 0 Å². The van der Waals surface area contributed by atoms with E-state index in [1.165, 1.54) is 16.5 Å². The van der Waals surface area contributed by atoms with Gasteiger partial charge in [-0.25, -0.2) is 0 Å². The number of methoxy groups -OCH3 is 2. The Hall–Kier alpha value is 0.140. The largest absolute Gasteiger partial charge is 0.352 e. The highest BCUT2D eigenvalue weighted by Gasteiger charge is 2.30. The molecule has 1 aliphatic rings. The molecule has 0 radical (unpaired) electrons. The van der Waals surface area contributed by atoms with Crippen molar-refractivity contribution < 1.29 is 9.47 Å². The summed E-state index contributed by atoms with van der Waals surface area (Å²) in [6.07, 6.45) is 3.16. The lowest BCUT2D eigenvalue weighted by molar-refractivity contribution is -0.0802. The van der Waals surface area contributed by atoms with E-state index in [1.54, 1.807) is 14.2 Å². The van der Waals surface area contributed by atoms with E-state index in [1.807, 2.05) is 0 Å². The Kier molecular flexibility index (Phi) is 4.16. The molecule has 0 saturated carbocycles. The van der Waals surface area contributed by atoms with Crippen LogP contribution in [0.25, 0.3) is 0 Å².